The zero-order chi connectivity index (χ0) is 15.4. The minimum absolute atomic E-state index is 0.0250. The van der Waals surface area contributed by atoms with Crippen LogP contribution in [-0.2, 0) is 4.79 Å². The van der Waals surface area contributed by atoms with Gasteiger partial charge in [-0.1, -0.05) is 13.3 Å². The average molecular weight is 303 g/mol. The van der Waals surface area contributed by atoms with E-state index in [0.29, 0.717) is 12.2 Å². The molecule has 22 heavy (non-hydrogen) atoms. The number of fused-ring (bicyclic) bond motifs is 1. The third-order valence-corrected chi connectivity index (χ3v) is 4.00. The van der Waals surface area contributed by atoms with E-state index in [-0.39, 0.29) is 11.8 Å². The summed E-state index contributed by atoms with van der Waals surface area (Å²) in [4.78, 5) is 14.4. The number of tetrazole rings is 1. The van der Waals surface area contributed by atoms with Crippen molar-refractivity contribution in [3.63, 3.8) is 0 Å². The van der Waals surface area contributed by atoms with Crippen LogP contribution in [0.2, 0.25) is 0 Å². The maximum atomic E-state index is 12.2. The molecule has 1 fully saturated rings. The lowest BCUT2D eigenvalue weighted by Gasteiger charge is -2.32. The maximum absolute atomic E-state index is 12.2. The van der Waals surface area contributed by atoms with Crippen molar-refractivity contribution in [1.29, 1.82) is 0 Å². The van der Waals surface area contributed by atoms with Gasteiger partial charge in [0.05, 0.1) is 5.92 Å². The van der Waals surface area contributed by atoms with Crippen molar-refractivity contribution in [1.82, 2.24) is 30.6 Å². The fraction of sp³-hybridized carbons (Fsp3) is 0.643. The summed E-state index contributed by atoms with van der Waals surface area (Å²) >= 11 is 0. The third-order valence-electron chi connectivity index (χ3n) is 4.00. The Kier molecular flexibility index (Phi) is 4.45. The second-order valence-corrected chi connectivity index (χ2v) is 5.65. The van der Waals surface area contributed by atoms with E-state index in [9.17, 15) is 4.79 Å². The number of nitrogens with zero attached hydrogens (tertiary/aromatic N) is 6. The first-order chi connectivity index (χ1) is 10.8. The Bertz CT molecular complexity index is 641. The summed E-state index contributed by atoms with van der Waals surface area (Å²) in [6.45, 7) is 4.48. The molecule has 3 rings (SSSR count). The van der Waals surface area contributed by atoms with Gasteiger partial charge in [0.15, 0.2) is 11.5 Å². The second-order valence-electron chi connectivity index (χ2n) is 5.65. The predicted molar refractivity (Wildman–Crippen MR) is 81.4 cm³/mol. The molecule has 8 heteroatoms. The number of carbonyl (C=O) groups excluding carboxylic acids is 1. The van der Waals surface area contributed by atoms with Crippen molar-refractivity contribution in [2.24, 2.45) is 5.92 Å². The second kappa shape index (κ2) is 6.67. The van der Waals surface area contributed by atoms with Gasteiger partial charge in [-0.15, -0.1) is 14.8 Å². The molecule has 1 atom stereocenters. The molecule has 1 amide bonds. The van der Waals surface area contributed by atoms with Crippen LogP contribution in [0, 0.1) is 5.92 Å². The molecule has 3 heterocycles. The quantitative estimate of drug-likeness (QED) is 0.816. The molecule has 0 aliphatic carbocycles. The summed E-state index contributed by atoms with van der Waals surface area (Å²) in [6.07, 6.45) is 4.04. The monoisotopic (exact) mass is 303 g/mol. The molecule has 0 aromatic carbocycles. The summed E-state index contributed by atoms with van der Waals surface area (Å²) in [5.41, 5.74) is 0.620. The van der Waals surface area contributed by atoms with Crippen LogP contribution >= 0.6 is 0 Å². The molecule has 0 radical (unpaired) electrons. The number of anilines is 1. The highest BCUT2D eigenvalue weighted by atomic mass is 16.1. The van der Waals surface area contributed by atoms with E-state index < -0.39 is 0 Å². The zero-order valence-electron chi connectivity index (χ0n) is 12.8. The summed E-state index contributed by atoms with van der Waals surface area (Å²) in [7, 11) is 0. The highest BCUT2D eigenvalue weighted by Crippen LogP contribution is 2.21. The van der Waals surface area contributed by atoms with E-state index >= 15 is 0 Å². The van der Waals surface area contributed by atoms with Crippen LogP contribution in [0.4, 0.5) is 5.82 Å². The molecule has 118 valence electrons. The topological polar surface area (TPSA) is 88.3 Å². The lowest BCUT2D eigenvalue weighted by Crippen LogP contribution is -2.43. The Morgan fingerprint density at radius 1 is 1.45 bits per heavy atom. The summed E-state index contributed by atoms with van der Waals surface area (Å²) < 4.78 is 1.42. The maximum Gasteiger partial charge on any atom is 0.224 e. The minimum atomic E-state index is 0.0250. The molecule has 2 aromatic heterocycles. The smallest absolute Gasteiger partial charge is 0.224 e. The van der Waals surface area contributed by atoms with Crippen LogP contribution in [0.1, 0.15) is 32.6 Å². The molecular formula is C14H21N7O. The molecule has 0 bridgehead atoms. The predicted octanol–water partition coefficient (Wildman–Crippen LogP) is 0.652. The van der Waals surface area contributed by atoms with Gasteiger partial charge in [-0.05, 0) is 41.8 Å². The fourth-order valence-corrected chi connectivity index (χ4v) is 2.74. The molecule has 8 nitrogen and oxygen atoms in total. The number of unbranched alkanes of at least 4 members (excludes halogenated alkanes) is 1. The van der Waals surface area contributed by atoms with Crippen LogP contribution in [0.25, 0.3) is 5.65 Å². The van der Waals surface area contributed by atoms with Crippen LogP contribution in [-0.4, -0.2) is 50.8 Å². The summed E-state index contributed by atoms with van der Waals surface area (Å²) in [5.74, 6) is 0.990. The first kappa shape index (κ1) is 14.7. The summed E-state index contributed by atoms with van der Waals surface area (Å²) in [5, 5.41) is 18.7. The van der Waals surface area contributed by atoms with Crippen LogP contribution in [0.5, 0.6) is 0 Å². The molecular weight excluding hydrogens is 282 g/mol. The van der Waals surface area contributed by atoms with Gasteiger partial charge in [0, 0.05) is 19.6 Å². The van der Waals surface area contributed by atoms with Crippen molar-refractivity contribution in [2.75, 3.05) is 24.5 Å². The van der Waals surface area contributed by atoms with Crippen molar-refractivity contribution >= 4 is 17.4 Å². The van der Waals surface area contributed by atoms with E-state index in [1.807, 2.05) is 12.1 Å². The Labute approximate surface area is 128 Å². The van der Waals surface area contributed by atoms with Gasteiger partial charge in [-0.3, -0.25) is 4.79 Å². The zero-order valence-corrected chi connectivity index (χ0v) is 12.8. The highest BCUT2D eigenvalue weighted by Gasteiger charge is 2.26. The number of aromatic nitrogens is 5. The Morgan fingerprint density at radius 2 is 2.36 bits per heavy atom. The van der Waals surface area contributed by atoms with Gasteiger partial charge >= 0.3 is 0 Å². The van der Waals surface area contributed by atoms with Crippen molar-refractivity contribution in [2.45, 2.75) is 32.6 Å². The van der Waals surface area contributed by atoms with Crippen molar-refractivity contribution < 1.29 is 4.79 Å². The molecule has 1 unspecified atom stereocenters. The standard InChI is InChI=1S/C14H21N7O/c1-2-3-8-15-14(22)11-5-4-9-20(10-11)13-7-6-12-16-18-19-21(12)17-13/h6-7,11H,2-5,8-10H2,1H3,(H,15,22). The fourth-order valence-electron chi connectivity index (χ4n) is 2.74. The SMILES string of the molecule is CCCCNC(=O)C1CCCN(c2ccc3nnnn3n2)C1. The Morgan fingerprint density at radius 3 is 3.23 bits per heavy atom. The van der Waals surface area contributed by atoms with Gasteiger partial charge in [-0.2, -0.15) is 0 Å². The van der Waals surface area contributed by atoms with E-state index in [4.69, 9.17) is 0 Å². The van der Waals surface area contributed by atoms with Gasteiger partial charge < -0.3 is 10.2 Å². The van der Waals surface area contributed by atoms with Gasteiger partial charge in [0.25, 0.3) is 0 Å². The minimum Gasteiger partial charge on any atom is -0.356 e. The Balaban J connectivity index is 1.65. The van der Waals surface area contributed by atoms with Crippen LogP contribution in [0.3, 0.4) is 0 Å². The number of amides is 1. The number of piperidine rings is 1. The molecule has 1 N–H and O–H groups in total. The molecule has 0 saturated carbocycles. The number of nitrogens with one attached hydrogen (secondary N) is 1. The van der Waals surface area contributed by atoms with Crippen LogP contribution < -0.4 is 10.2 Å². The molecule has 1 saturated heterocycles. The number of hydrogen-bond acceptors (Lipinski definition) is 6. The van der Waals surface area contributed by atoms with Gasteiger partial charge in [0.1, 0.15) is 0 Å². The lowest BCUT2D eigenvalue weighted by molar-refractivity contribution is -0.125. The Hall–Kier alpha value is -2.25. The van der Waals surface area contributed by atoms with Gasteiger partial charge in [-0.25, -0.2) is 0 Å². The van der Waals surface area contributed by atoms with Crippen molar-refractivity contribution in [3.8, 4) is 0 Å². The van der Waals surface area contributed by atoms with E-state index in [1.54, 1.807) is 0 Å². The molecule has 0 spiro atoms. The highest BCUT2D eigenvalue weighted by molar-refractivity contribution is 5.79. The van der Waals surface area contributed by atoms with E-state index in [1.165, 1.54) is 4.63 Å². The molecule has 2 aromatic rings. The largest absolute Gasteiger partial charge is 0.356 e. The van der Waals surface area contributed by atoms with Gasteiger partial charge in [0.2, 0.25) is 5.91 Å². The lowest BCUT2D eigenvalue weighted by atomic mass is 9.97. The number of carbonyl (C=O) groups is 1. The third kappa shape index (κ3) is 3.15. The first-order valence-electron chi connectivity index (χ1n) is 7.86. The number of rotatable bonds is 5. The molecule has 1 aliphatic rings. The summed E-state index contributed by atoms with van der Waals surface area (Å²) in [6, 6.07) is 3.75. The average Bonchev–Trinajstić information content (AvgIpc) is 3.02. The van der Waals surface area contributed by atoms with Crippen molar-refractivity contribution in [3.05, 3.63) is 12.1 Å². The van der Waals surface area contributed by atoms with E-state index in [0.717, 1.165) is 44.6 Å². The van der Waals surface area contributed by atoms with Crippen LogP contribution in [0.15, 0.2) is 12.1 Å². The van der Waals surface area contributed by atoms with E-state index in [2.05, 4.69) is 37.8 Å². The first-order valence-corrected chi connectivity index (χ1v) is 7.86. The number of hydrogen-bond donors (Lipinski definition) is 1. The molecule has 1 aliphatic heterocycles. The normalized spacial score (nSPS) is 18.6.